The van der Waals surface area contributed by atoms with Gasteiger partial charge in [-0.15, -0.1) is 0 Å². The molecule has 1 N–H and O–H groups in total. The molecule has 0 aliphatic rings. The van der Waals surface area contributed by atoms with Crippen molar-refractivity contribution in [3.63, 3.8) is 0 Å². The summed E-state index contributed by atoms with van der Waals surface area (Å²) < 4.78 is 4.07. The molecular weight excluding hydrogens is 96.0 g/mol. The van der Waals surface area contributed by atoms with Gasteiger partial charge in [0.15, 0.2) is 6.08 Å². The van der Waals surface area contributed by atoms with E-state index >= 15 is 0 Å². The van der Waals surface area contributed by atoms with Crippen molar-refractivity contribution in [2.24, 2.45) is 0 Å². The highest BCUT2D eigenvalue weighted by atomic mass is 16.5. The van der Waals surface area contributed by atoms with E-state index in [0.29, 0.717) is 0 Å². The third-order valence-electron chi connectivity index (χ3n) is 0.384. The monoisotopic (exact) mass is 101 g/mol. The third kappa shape index (κ3) is 2.73. The first-order chi connectivity index (χ1) is 3.31. The topological polar surface area (TPSA) is 47.7 Å². The van der Waals surface area contributed by atoms with Crippen LogP contribution in [0.3, 0.4) is 0 Å². The highest BCUT2D eigenvalue weighted by Gasteiger charge is 1.89. The van der Waals surface area contributed by atoms with E-state index in [4.69, 9.17) is 4.79 Å². The van der Waals surface area contributed by atoms with Crippen molar-refractivity contribution < 1.29 is 14.3 Å². The molecule has 3 heteroatoms. The maximum Gasteiger partial charge on any atom is 0.349 e. The van der Waals surface area contributed by atoms with E-state index in [9.17, 15) is 4.79 Å². The zero-order valence-electron chi connectivity index (χ0n) is 3.84. The summed E-state index contributed by atoms with van der Waals surface area (Å²) in [6.07, 6.45) is 0.792. The standard InChI is InChI=1S/C4H4O3/c1-7-4(6)2-3-5/h2H,1H3/p+1. The lowest BCUT2D eigenvalue weighted by molar-refractivity contribution is -0.134. The molecule has 38 valence electrons. The third-order valence-corrected chi connectivity index (χ3v) is 0.384. The Morgan fingerprint density at radius 2 is 2.57 bits per heavy atom. The Balaban J connectivity index is 3.58. The van der Waals surface area contributed by atoms with Crippen molar-refractivity contribution in [1.29, 1.82) is 0 Å². The van der Waals surface area contributed by atoms with Crippen LogP contribution in [0, 0.1) is 0 Å². The molecule has 0 saturated heterocycles. The molecule has 0 radical (unpaired) electrons. The lowest BCUT2D eigenvalue weighted by Crippen LogP contribution is -1.93. The van der Waals surface area contributed by atoms with Crippen LogP contribution in [0.15, 0.2) is 6.08 Å². The summed E-state index contributed by atoms with van der Waals surface area (Å²) in [5, 5.41) is 0. The molecule has 0 amide bonds. The largest absolute Gasteiger partial charge is 0.465 e. The van der Waals surface area contributed by atoms with Gasteiger partial charge in [-0.2, -0.15) is 0 Å². The van der Waals surface area contributed by atoms with Crippen molar-refractivity contribution >= 4 is 11.9 Å². The van der Waals surface area contributed by atoms with Gasteiger partial charge in [-0.1, -0.05) is 0 Å². The van der Waals surface area contributed by atoms with Gasteiger partial charge in [-0.3, -0.25) is 0 Å². The molecule has 0 rings (SSSR count). The second-order valence-electron chi connectivity index (χ2n) is 0.797. The fourth-order valence-electron chi connectivity index (χ4n) is 0.112. The number of hydrogen-bond donors (Lipinski definition) is 0. The molecule has 0 atom stereocenters. The average Bonchev–Trinajstić information content (AvgIpc) is 1.68. The van der Waals surface area contributed by atoms with Crippen molar-refractivity contribution in [3.05, 3.63) is 6.08 Å². The number of esters is 1. The lowest BCUT2D eigenvalue weighted by Gasteiger charge is -1.80. The predicted molar refractivity (Wildman–Crippen MR) is 23.5 cm³/mol. The van der Waals surface area contributed by atoms with E-state index < -0.39 is 5.97 Å². The van der Waals surface area contributed by atoms with Crippen LogP contribution < -0.4 is 0 Å². The van der Waals surface area contributed by atoms with Crippen LogP contribution in [0.2, 0.25) is 0 Å². The Morgan fingerprint density at radius 3 is 2.71 bits per heavy atom. The fourth-order valence-corrected chi connectivity index (χ4v) is 0.112. The molecule has 0 spiro atoms. The van der Waals surface area contributed by atoms with Gasteiger partial charge in [-0.05, 0) is 0 Å². The van der Waals surface area contributed by atoms with Crippen LogP contribution >= 0.6 is 0 Å². The lowest BCUT2D eigenvalue weighted by atomic mass is 10.7. The van der Waals surface area contributed by atoms with Crippen molar-refractivity contribution in [3.8, 4) is 0 Å². The van der Waals surface area contributed by atoms with E-state index in [1.807, 2.05) is 0 Å². The smallest absolute Gasteiger partial charge is 0.349 e. The van der Waals surface area contributed by atoms with Crippen LogP contribution in [0.5, 0.6) is 0 Å². The second kappa shape index (κ2) is 3.12. The molecule has 3 nitrogen and oxygen atoms in total. The van der Waals surface area contributed by atoms with Gasteiger partial charge in [0, 0.05) is 0 Å². The fraction of sp³-hybridized carbons (Fsp3) is 0.250. The highest BCUT2D eigenvalue weighted by molar-refractivity contribution is 5.89. The minimum atomic E-state index is -0.609. The van der Waals surface area contributed by atoms with Crippen LogP contribution in [0.1, 0.15) is 0 Å². The zero-order chi connectivity index (χ0) is 5.70. The minimum Gasteiger partial charge on any atom is -0.465 e. The molecule has 0 unspecified atom stereocenters. The van der Waals surface area contributed by atoms with E-state index in [2.05, 4.69) is 4.74 Å². The molecule has 0 fully saturated rings. The van der Waals surface area contributed by atoms with Gasteiger partial charge in [0.2, 0.25) is 0 Å². The van der Waals surface area contributed by atoms with Gasteiger partial charge in [0.25, 0.3) is 0 Å². The number of methoxy groups -OCH3 is 1. The van der Waals surface area contributed by atoms with Crippen molar-refractivity contribution in [1.82, 2.24) is 0 Å². The minimum absolute atomic E-state index is 0.609. The number of carbonyl (C=O) groups is 1. The van der Waals surface area contributed by atoms with E-state index in [-0.39, 0.29) is 0 Å². The Hall–Kier alpha value is -1.08. The Morgan fingerprint density at radius 1 is 2.00 bits per heavy atom. The zero-order valence-corrected chi connectivity index (χ0v) is 3.84. The maximum absolute atomic E-state index is 9.91. The van der Waals surface area contributed by atoms with Crippen LogP contribution in [-0.4, -0.2) is 23.8 Å². The molecule has 0 aliphatic carbocycles. The normalized spacial score (nSPS) is 6.43. The summed E-state index contributed by atoms with van der Waals surface area (Å²) in [6, 6.07) is 0. The molecule has 0 aromatic heterocycles. The number of carbonyl (C=O) groups excluding carboxylic acids is 2. The molecule has 0 saturated carbocycles. The quantitative estimate of drug-likeness (QED) is 0.193. The summed E-state index contributed by atoms with van der Waals surface area (Å²) in [4.78, 5) is 17.7. The molecule has 7 heavy (non-hydrogen) atoms. The van der Waals surface area contributed by atoms with E-state index in [1.165, 1.54) is 13.1 Å². The summed E-state index contributed by atoms with van der Waals surface area (Å²) in [6.45, 7) is 0. The molecule has 0 heterocycles. The highest BCUT2D eigenvalue weighted by Crippen LogP contribution is 1.66. The number of rotatable bonds is 1. The van der Waals surface area contributed by atoms with Crippen molar-refractivity contribution in [2.45, 2.75) is 0 Å². The van der Waals surface area contributed by atoms with Crippen molar-refractivity contribution in [2.75, 3.05) is 7.11 Å². The van der Waals surface area contributed by atoms with E-state index in [1.54, 1.807) is 0 Å². The maximum atomic E-state index is 9.91. The van der Waals surface area contributed by atoms with Crippen LogP contribution in [-0.2, 0) is 9.53 Å². The molecule has 0 bridgehead atoms. The Labute approximate surface area is 40.6 Å². The van der Waals surface area contributed by atoms with Gasteiger partial charge < -0.3 is 4.74 Å². The molecular formula is C4H5O3+. The summed E-state index contributed by atoms with van der Waals surface area (Å²) in [5.74, 6) is 0.910. The summed E-state index contributed by atoms with van der Waals surface area (Å²) in [7, 11) is 1.22. The molecule has 0 aromatic carbocycles. The van der Waals surface area contributed by atoms with Gasteiger partial charge >= 0.3 is 11.9 Å². The average molecular weight is 101 g/mol. The summed E-state index contributed by atoms with van der Waals surface area (Å²) in [5.41, 5.74) is 0. The molecule has 0 aliphatic heterocycles. The summed E-state index contributed by atoms with van der Waals surface area (Å²) >= 11 is 0. The Bertz CT molecular complexity index is 110. The first-order valence-electron chi connectivity index (χ1n) is 1.62. The van der Waals surface area contributed by atoms with E-state index in [0.717, 1.165) is 6.08 Å². The predicted octanol–water partition coefficient (Wildman–Crippen LogP) is -0.511. The van der Waals surface area contributed by atoms with Crippen LogP contribution in [0.25, 0.3) is 0 Å². The molecule has 0 aromatic rings. The Kier molecular flexibility index (Phi) is 2.64. The SMILES string of the molecule is COC(=O)C=C=[OH+]. The first-order valence-corrected chi connectivity index (χ1v) is 1.62. The van der Waals surface area contributed by atoms with Gasteiger partial charge in [0.05, 0.1) is 7.11 Å². The van der Waals surface area contributed by atoms with Crippen LogP contribution in [0.4, 0.5) is 0 Å². The first kappa shape index (κ1) is 5.92. The van der Waals surface area contributed by atoms with Gasteiger partial charge in [0.1, 0.15) is 0 Å². The second-order valence-corrected chi connectivity index (χ2v) is 0.797. The number of ether oxygens (including phenoxy) is 1. The number of hydrogen-bond acceptors (Lipinski definition) is 2. The van der Waals surface area contributed by atoms with Gasteiger partial charge in [-0.25, -0.2) is 9.59 Å².